The molecule has 0 aliphatic rings. The monoisotopic (exact) mass is 281 g/mol. The maximum atomic E-state index is 5.03. The molecule has 5 heteroatoms. The van der Waals surface area contributed by atoms with E-state index in [0.29, 0.717) is 5.82 Å². The summed E-state index contributed by atoms with van der Waals surface area (Å²) < 4.78 is 5.96. The maximum absolute atomic E-state index is 5.03. The number of halogens is 1. The summed E-state index contributed by atoms with van der Waals surface area (Å²) in [6.07, 6.45) is 4.11. The fourth-order valence-corrected chi connectivity index (χ4v) is 2.07. The van der Waals surface area contributed by atoms with Crippen LogP contribution in [0.25, 0.3) is 11.4 Å². The Kier molecular flexibility index (Phi) is 3.24. The topological polar surface area (TPSA) is 51.0 Å². The van der Waals surface area contributed by atoms with Gasteiger partial charge in [-0.3, -0.25) is 0 Å². The lowest BCUT2D eigenvalue weighted by atomic mass is 10.2. The van der Waals surface area contributed by atoms with E-state index in [4.69, 9.17) is 4.42 Å². The second kappa shape index (κ2) is 4.65. The average Bonchev–Trinajstić information content (AvgIpc) is 2.83. The Hall–Kier alpha value is -1.36. The average molecular weight is 282 g/mol. The molecule has 0 aliphatic heterocycles. The van der Waals surface area contributed by atoms with E-state index in [1.807, 2.05) is 13.1 Å². The van der Waals surface area contributed by atoms with E-state index in [-0.39, 0.29) is 0 Å². The molecule has 0 fully saturated rings. The van der Waals surface area contributed by atoms with Crippen molar-refractivity contribution in [3.8, 4) is 11.4 Å². The molecule has 0 saturated heterocycles. The number of aromatic nitrogens is 2. The van der Waals surface area contributed by atoms with Crippen LogP contribution in [0.1, 0.15) is 12.6 Å². The third kappa shape index (κ3) is 1.95. The van der Waals surface area contributed by atoms with Crippen molar-refractivity contribution in [2.75, 3.05) is 12.4 Å². The molecule has 0 unspecified atom stereocenters. The number of anilines is 1. The van der Waals surface area contributed by atoms with Crippen molar-refractivity contribution in [3.63, 3.8) is 0 Å². The molecule has 0 aliphatic carbocycles. The van der Waals surface area contributed by atoms with Gasteiger partial charge in [0.2, 0.25) is 0 Å². The Bertz CT molecular complexity index is 457. The minimum atomic E-state index is 0.679. The van der Waals surface area contributed by atoms with Crippen LogP contribution in [0.3, 0.4) is 0 Å². The van der Waals surface area contributed by atoms with E-state index in [1.54, 1.807) is 12.5 Å². The second-order valence-electron chi connectivity index (χ2n) is 3.27. The summed E-state index contributed by atoms with van der Waals surface area (Å²) in [5, 5.41) is 3.04. The van der Waals surface area contributed by atoms with Crippen molar-refractivity contribution in [1.29, 1.82) is 0 Å². The van der Waals surface area contributed by atoms with Gasteiger partial charge in [-0.2, -0.15) is 0 Å². The highest BCUT2D eigenvalue weighted by Gasteiger charge is 2.11. The van der Waals surface area contributed by atoms with E-state index in [0.717, 1.165) is 28.0 Å². The SMILES string of the molecule is CCc1nc(-c2ccoc2)nc(NC)c1Br. The van der Waals surface area contributed by atoms with Crippen molar-refractivity contribution in [3.05, 3.63) is 28.8 Å². The van der Waals surface area contributed by atoms with Gasteiger partial charge in [-0.1, -0.05) is 6.92 Å². The number of hydrogen-bond donors (Lipinski definition) is 1. The van der Waals surface area contributed by atoms with E-state index < -0.39 is 0 Å². The number of furan rings is 1. The van der Waals surface area contributed by atoms with Gasteiger partial charge in [0, 0.05) is 7.05 Å². The molecule has 4 nitrogen and oxygen atoms in total. The first-order valence-electron chi connectivity index (χ1n) is 5.03. The molecule has 2 heterocycles. The molecule has 2 aromatic rings. The second-order valence-corrected chi connectivity index (χ2v) is 4.07. The largest absolute Gasteiger partial charge is 0.472 e. The van der Waals surface area contributed by atoms with Crippen LogP contribution < -0.4 is 5.32 Å². The minimum absolute atomic E-state index is 0.679. The highest BCUT2D eigenvalue weighted by atomic mass is 79.9. The first-order chi connectivity index (χ1) is 7.76. The zero-order chi connectivity index (χ0) is 11.5. The van der Waals surface area contributed by atoms with Crippen LogP contribution in [0.15, 0.2) is 27.5 Å². The zero-order valence-electron chi connectivity index (χ0n) is 9.12. The number of aryl methyl sites for hydroxylation is 1. The first kappa shape index (κ1) is 11.1. The quantitative estimate of drug-likeness (QED) is 0.939. The van der Waals surface area contributed by atoms with Gasteiger partial charge in [0.25, 0.3) is 0 Å². The molecule has 0 spiro atoms. The minimum Gasteiger partial charge on any atom is -0.472 e. The highest BCUT2D eigenvalue weighted by Crippen LogP contribution is 2.27. The van der Waals surface area contributed by atoms with Crippen LogP contribution in [0.2, 0.25) is 0 Å². The molecule has 0 saturated carbocycles. The van der Waals surface area contributed by atoms with Crippen LogP contribution in [-0.4, -0.2) is 17.0 Å². The Morgan fingerprint density at radius 2 is 2.25 bits per heavy atom. The molecule has 2 aromatic heterocycles. The van der Waals surface area contributed by atoms with E-state index in [1.165, 1.54) is 0 Å². The Labute approximate surface area is 102 Å². The van der Waals surface area contributed by atoms with Gasteiger partial charge in [0.05, 0.1) is 22.0 Å². The Balaban J connectivity index is 2.56. The number of nitrogens with one attached hydrogen (secondary N) is 1. The molecule has 0 amide bonds. The summed E-state index contributed by atoms with van der Waals surface area (Å²) in [5.41, 5.74) is 1.87. The van der Waals surface area contributed by atoms with Gasteiger partial charge in [0.1, 0.15) is 12.1 Å². The summed E-state index contributed by atoms with van der Waals surface area (Å²) in [6, 6.07) is 1.85. The van der Waals surface area contributed by atoms with Crippen LogP contribution in [0.4, 0.5) is 5.82 Å². The standard InChI is InChI=1S/C11H12BrN3O/c1-3-8-9(12)11(13-2)15-10(14-8)7-4-5-16-6-7/h4-6H,3H2,1-2H3,(H,13,14,15). The Morgan fingerprint density at radius 3 is 2.81 bits per heavy atom. The van der Waals surface area contributed by atoms with Crippen LogP contribution in [0, 0.1) is 0 Å². The molecule has 2 rings (SSSR count). The molecule has 0 atom stereocenters. The van der Waals surface area contributed by atoms with E-state index in [2.05, 4.69) is 38.1 Å². The van der Waals surface area contributed by atoms with Gasteiger partial charge in [-0.25, -0.2) is 9.97 Å². The predicted octanol–water partition coefficient (Wildman–Crippen LogP) is 3.10. The van der Waals surface area contributed by atoms with Crippen LogP contribution >= 0.6 is 15.9 Å². The molecule has 84 valence electrons. The highest BCUT2D eigenvalue weighted by molar-refractivity contribution is 9.10. The van der Waals surface area contributed by atoms with Gasteiger partial charge in [-0.05, 0) is 28.4 Å². The lowest BCUT2D eigenvalue weighted by molar-refractivity contribution is 0.568. The third-order valence-electron chi connectivity index (χ3n) is 2.27. The van der Waals surface area contributed by atoms with E-state index >= 15 is 0 Å². The smallest absolute Gasteiger partial charge is 0.165 e. The molecular formula is C11H12BrN3O. The lowest BCUT2D eigenvalue weighted by Crippen LogP contribution is -2.02. The number of rotatable bonds is 3. The molecule has 0 radical (unpaired) electrons. The number of nitrogens with zero attached hydrogens (tertiary/aromatic N) is 2. The van der Waals surface area contributed by atoms with Crippen LogP contribution in [0.5, 0.6) is 0 Å². The van der Waals surface area contributed by atoms with E-state index in [9.17, 15) is 0 Å². The summed E-state index contributed by atoms with van der Waals surface area (Å²) in [5.74, 6) is 1.47. The van der Waals surface area contributed by atoms with Crippen LogP contribution in [-0.2, 0) is 6.42 Å². The number of hydrogen-bond acceptors (Lipinski definition) is 4. The van der Waals surface area contributed by atoms with Gasteiger partial charge in [-0.15, -0.1) is 0 Å². The Morgan fingerprint density at radius 1 is 1.44 bits per heavy atom. The first-order valence-corrected chi connectivity index (χ1v) is 5.82. The lowest BCUT2D eigenvalue weighted by Gasteiger charge is -2.08. The van der Waals surface area contributed by atoms with Crippen molar-refractivity contribution >= 4 is 21.7 Å². The summed E-state index contributed by atoms with van der Waals surface area (Å²) in [6.45, 7) is 2.06. The van der Waals surface area contributed by atoms with Gasteiger partial charge in [0.15, 0.2) is 5.82 Å². The summed E-state index contributed by atoms with van der Waals surface area (Å²) in [4.78, 5) is 8.90. The van der Waals surface area contributed by atoms with Crippen molar-refractivity contribution < 1.29 is 4.42 Å². The maximum Gasteiger partial charge on any atom is 0.165 e. The summed E-state index contributed by atoms with van der Waals surface area (Å²) in [7, 11) is 1.84. The van der Waals surface area contributed by atoms with Gasteiger partial charge >= 0.3 is 0 Å². The fourth-order valence-electron chi connectivity index (χ4n) is 1.41. The third-order valence-corrected chi connectivity index (χ3v) is 3.10. The van der Waals surface area contributed by atoms with Crippen molar-refractivity contribution in [2.45, 2.75) is 13.3 Å². The fraction of sp³-hybridized carbons (Fsp3) is 0.273. The molecule has 16 heavy (non-hydrogen) atoms. The molecule has 0 aromatic carbocycles. The van der Waals surface area contributed by atoms with Gasteiger partial charge < -0.3 is 9.73 Å². The summed E-state index contributed by atoms with van der Waals surface area (Å²) >= 11 is 3.49. The van der Waals surface area contributed by atoms with Crippen molar-refractivity contribution in [1.82, 2.24) is 9.97 Å². The molecule has 1 N–H and O–H groups in total. The normalized spacial score (nSPS) is 10.4. The van der Waals surface area contributed by atoms with Crippen molar-refractivity contribution in [2.24, 2.45) is 0 Å². The molecular weight excluding hydrogens is 270 g/mol. The zero-order valence-corrected chi connectivity index (χ0v) is 10.7. The predicted molar refractivity (Wildman–Crippen MR) is 66.4 cm³/mol. The molecule has 0 bridgehead atoms.